The minimum Gasteiger partial charge on any atom is -0.468 e. The van der Waals surface area contributed by atoms with E-state index in [1.807, 2.05) is 18.8 Å². The highest BCUT2D eigenvalue weighted by atomic mass is 32.2. The number of nitrogens with one attached hydrogen (secondary N) is 1. The molecular formula is C11H21NO2S. The Labute approximate surface area is 96.3 Å². The van der Waals surface area contributed by atoms with E-state index in [2.05, 4.69) is 12.2 Å². The van der Waals surface area contributed by atoms with Crippen LogP contribution in [0.1, 0.15) is 32.6 Å². The van der Waals surface area contributed by atoms with Gasteiger partial charge in [0.2, 0.25) is 0 Å². The second-order valence-electron chi connectivity index (χ2n) is 4.00. The summed E-state index contributed by atoms with van der Waals surface area (Å²) < 4.78 is 4.90. The summed E-state index contributed by atoms with van der Waals surface area (Å²) in [6.45, 7) is 2.17. The number of likely N-dealkylation sites (N-methyl/N-ethyl adjacent to an activating group) is 1. The van der Waals surface area contributed by atoms with Crippen molar-refractivity contribution in [3.8, 4) is 0 Å². The van der Waals surface area contributed by atoms with E-state index >= 15 is 0 Å². The molecule has 2 atom stereocenters. The molecule has 1 fully saturated rings. The average molecular weight is 231 g/mol. The summed E-state index contributed by atoms with van der Waals surface area (Å²) in [4.78, 5) is 11.8. The van der Waals surface area contributed by atoms with Gasteiger partial charge in [0.25, 0.3) is 0 Å². The normalized spacial score (nSPS) is 31.3. The van der Waals surface area contributed by atoms with Crippen LogP contribution in [0, 0.1) is 0 Å². The van der Waals surface area contributed by atoms with Crippen LogP contribution in [0.25, 0.3) is 0 Å². The number of carbonyl (C=O) groups is 1. The van der Waals surface area contributed by atoms with Crippen LogP contribution in [0.15, 0.2) is 0 Å². The smallest absolute Gasteiger partial charge is 0.326 e. The molecule has 4 heteroatoms. The second-order valence-corrected chi connectivity index (χ2v) is 5.57. The highest BCUT2D eigenvalue weighted by Gasteiger charge is 2.42. The molecule has 0 aromatic heterocycles. The first-order valence-corrected chi connectivity index (χ1v) is 6.62. The Kier molecular flexibility index (Phi) is 4.93. The van der Waals surface area contributed by atoms with Crippen molar-refractivity contribution >= 4 is 17.7 Å². The number of esters is 1. The van der Waals surface area contributed by atoms with Crippen molar-refractivity contribution in [2.45, 2.75) is 43.4 Å². The van der Waals surface area contributed by atoms with E-state index in [0.29, 0.717) is 5.25 Å². The standard InChI is InChI=1S/C11H21NO2S/c1-4-15-9-6-5-7-11(8-9,12-2)10(13)14-3/h9,12H,4-8H2,1-3H3. The number of rotatable bonds is 4. The van der Waals surface area contributed by atoms with Gasteiger partial charge in [-0.05, 0) is 38.5 Å². The first kappa shape index (κ1) is 12.8. The summed E-state index contributed by atoms with van der Waals surface area (Å²) in [5, 5.41) is 3.76. The maximum absolute atomic E-state index is 11.8. The number of methoxy groups -OCH3 is 1. The van der Waals surface area contributed by atoms with Gasteiger partial charge in [-0.2, -0.15) is 11.8 Å². The summed E-state index contributed by atoms with van der Waals surface area (Å²) in [6, 6.07) is 0. The molecule has 0 heterocycles. The Bertz CT molecular complexity index is 221. The quantitative estimate of drug-likeness (QED) is 0.749. The molecule has 1 rings (SSSR count). The lowest BCUT2D eigenvalue weighted by atomic mass is 9.81. The van der Waals surface area contributed by atoms with Gasteiger partial charge in [-0.3, -0.25) is 4.79 Å². The highest BCUT2D eigenvalue weighted by Crippen LogP contribution is 2.35. The number of ether oxygens (including phenoxy) is 1. The summed E-state index contributed by atoms with van der Waals surface area (Å²) >= 11 is 1.95. The average Bonchev–Trinajstić information content (AvgIpc) is 2.28. The number of thioether (sulfide) groups is 1. The van der Waals surface area contributed by atoms with Gasteiger partial charge in [-0.1, -0.05) is 6.92 Å². The van der Waals surface area contributed by atoms with Crippen molar-refractivity contribution in [2.24, 2.45) is 0 Å². The van der Waals surface area contributed by atoms with Crippen molar-refractivity contribution < 1.29 is 9.53 Å². The van der Waals surface area contributed by atoms with Gasteiger partial charge in [0.15, 0.2) is 0 Å². The Hall–Kier alpha value is -0.220. The van der Waals surface area contributed by atoms with Crippen LogP contribution in [0.2, 0.25) is 0 Å². The zero-order valence-electron chi connectivity index (χ0n) is 9.84. The van der Waals surface area contributed by atoms with Gasteiger partial charge in [-0.15, -0.1) is 0 Å². The van der Waals surface area contributed by atoms with Gasteiger partial charge >= 0.3 is 5.97 Å². The molecule has 0 aromatic carbocycles. The molecule has 1 N–H and O–H groups in total. The van der Waals surface area contributed by atoms with Gasteiger partial charge in [0.1, 0.15) is 5.54 Å². The number of carbonyl (C=O) groups excluding carboxylic acids is 1. The first-order valence-electron chi connectivity index (χ1n) is 5.57. The minimum absolute atomic E-state index is 0.105. The lowest BCUT2D eigenvalue weighted by Crippen LogP contribution is -2.54. The molecule has 0 bridgehead atoms. The van der Waals surface area contributed by atoms with E-state index in [1.54, 1.807) is 0 Å². The van der Waals surface area contributed by atoms with Crippen LogP contribution in [0.4, 0.5) is 0 Å². The third kappa shape index (κ3) is 2.88. The van der Waals surface area contributed by atoms with Crippen molar-refractivity contribution in [1.29, 1.82) is 0 Å². The van der Waals surface area contributed by atoms with Crippen molar-refractivity contribution in [2.75, 3.05) is 19.9 Å². The maximum Gasteiger partial charge on any atom is 0.326 e. The Morgan fingerprint density at radius 1 is 1.67 bits per heavy atom. The molecule has 15 heavy (non-hydrogen) atoms. The molecule has 1 saturated carbocycles. The number of hydrogen-bond donors (Lipinski definition) is 1. The van der Waals surface area contributed by atoms with Crippen molar-refractivity contribution in [3.05, 3.63) is 0 Å². The van der Waals surface area contributed by atoms with Crippen LogP contribution in [0.3, 0.4) is 0 Å². The molecule has 2 unspecified atom stereocenters. The predicted octanol–water partition coefficient (Wildman–Crippen LogP) is 1.81. The SMILES string of the molecule is CCSC1CCCC(NC)(C(=O)OC)C1. The summed E-state index contributed by atoms with van der Waals surface area (Å²) in [6.07, 6.45) is 4.12. The fraction of sp³-hybridized carbons (Fsp3) is 0.909. The van der Waals surface area contributed by atoms with Gasteiger partial charge in [-0.25, -0.2) is 0 Å². The fourth-order valence-electron chi connectivity index (χ4n) is 2.31. The molecule has 1 aliphatic rings. The largest absolute Gasteiger partial charge is 0.468 e. The van der Waals surface area contributed by atoms with Crippen molar-refractivity contribution in [1.82, 2.24) is 5.32 Å². The van der Waals surface area contributed by atoms with E-state index in [0.717, 1.165) is 25.0 Å². The van der Waals surface area contributed by atoms with Crippen LogP contribution in [-0.2, 0) is 9.53 Å². The topological polar surface area (TPSA) is 38.3 Å². The monoisotopic (exact) mass is 231 g/mol. The van der Waals surface area contributed by atoms with E-state index in [-0.39, 0.29) is 5.97 Å². The molecule has 0 amide bonds. The molecule has 1 aliphatic carbocycles. The minimum atomic E-state index is -0.431. The zero-order chi connectivity index (χ0) is 11.3. The van der Waals surface area contributed by atoms with E-state index in [1.165, 1.54) is 13.5 Å². The van der Waals surface area contributed by atoms with Crippen LogP contribution in [0.5, 0.6) is 0 Å². The summed E-state index contributed by atoms with van der Waals surface area (Å²) in [7, 11) is 3.33. The lowest BCUT2D eigenvalue weighted by molar-refractivity contribution is -0.149. The Balaban J connectivity index is 2.68. The van der Waals surface area contributed by atoms with Crippen LogP contribution >= 0.6 is 11.8 Å². The summed E-state index contributed by atoms with van der Waals surface area (Å²) in [5.41, 5.74) is -0.431. The molecule has 0 radical (unpaired) electrons. The molecule has 0 aliphatic heterocycles. The van der Waals surface area contributed by atoms with Crippen LogP contribution in [-0.4, -0.2) is 36.7 Å². The van der Waals surface area contributed by atoms with E-state index < -0.39 is 5.54 Å². The molecule has 88 valence electrons. The molecule has 0 saturated heterocycles. The second kappa shape index (κ2) is 5.75. The molecular weight excluding hydrogens is 210 g/mol. The first-order chi connectivity index (χ1) is 7.18. The van der Waals surface area contributed by atoms with Crippen molar-refractivity contribution in [3.63, 3.8) is 0 Å². The molecule has 0 spiro atoms. The third-order valence-corrected chi connectivity index (χ3v) is 4.37. The number of hydrogen-bond acceptors (Lipinski definition) is 4. The lowest BCUT2D eigenvalue weighted by Gasteiger charge is -2.38. The summed E-state index contributed by atoms with van der Waals surface area (Å²) in [5.74, 6) is 1.01. The Morgan fingerprint density at radius 2 is 2.40 bits per heavy atom. The zero-order valence-corrected chi connectivity index (χ0v) is 10.7. The molecule has 3 nitrogen and oxygen atoms in total. The highest BCUT2D eigenvalue weighted by molar-refractivity contribution is 7.99. The Morgan fingerprint density at radius 3 is 2.93 bits per heavy atom. The maximum atomic E-state index is 11.8. The van der Waals surface area contributed by atoms with E-state index in [9.17, 15) is 4.79 Å². The predicted molar refractivity (Wildman–Crippen MR) is 64.2 cm³/mol. The third-order valence-electron chi connectivity index (χ3n) is 3.16. The van der Waals surface area contributed by atoms with Gasteiger partial charge in [0.05, 0.1) is 7.11 Å². The molecule has 0 aromatic rings. The fourth-order valence-corrected chi connectivity index (χ4v) is 3.52. The van der Waals surface area contributed by atoms with Gasteiger partial charge in [0, 0.05) is 5.25 Å². The van der Waals surface area contributed by atoms with Crippen LogP contribution < -0.4 is 5.32 Å². The van der Waals surface area contributed by atoms with Gasteiger partial charge < -0.3 is 10.1 Å². The van der Waals surface area contributed by atoms with E-state index in [4.69, 9.17) is 4.74 Å².